The highest BCUT2D eigenvalue weighted by molar-refractivity contribution is 5.84. The van der Waals surface area contributed by atoms with Gasteiger partial charge in [0.2, 0.25) is 11.8 Å². The minimum atomic E-state index is -0.597. The molecule has 2 rings (SSSR count). The number of alkyl carbamates (subject to hydrolysis) is 1. The number of allylic oxidation sites excluding steroid dienone is 2. The number of Topliss-reactive ketones (excluding diaryl/α,β-unsaturated/α-hetero) is 1. The van der Waals surface area contributed by atoms with Crippen LogP contribution in [0.3, 0.4) is 0 Å². The van der Waals surface area contributed by atoms with Crippen molar-refractivity contribution in [3.05, 3.63) is 48.0 Å². The lowest BCUT2D eigenvalue weighted by molar-refractivity contribution is -0.123. The maximum Gasteiger partial charge on any atom is 0.408 e. The maximum atomic E-state index is 12.0. The van der Waals surface area contributed by atoms with Gasteiger partial charge in [-0.1, -0.05) is 75.6 Å². The Hall–Kier alpha value is -3.53. The van der Waals surface area contributed by atoms with Crippen molar-refractivity contribution in [2.45, 2.75) is 130 Å². The first-order valence-electron chi connectivity index (χ1n) is 17.7. The standard InChI is InChI=1S/C21H30N2O2.C17H31NO5/c1-2-3-4-5-9-12-18-15-19(18)21(25)22-14-13-20(24)23-16-17-10-7-6-8-11-17;1-5-14(20)10-13(12-19)8-6-7-9-15(21)11-18-16(22)23-17(2,3)4/h6-12,18-19H,2-5,13-16H2,1H3,(H,22,25)(H,23,24);12-14,20H,5-11H2,1-4H3,(H,18,22)/b12-9-;/t18-,19+;13-,14?/m10/s1. The molecule has 1 aromatic rings. The van der Waals surface area contributed by atoms with Crippen LogP contribution in [0.2, 0.25) is 0 Å². The van der Waals surface area contributed by atoms with E-state index >= 15 is 0 Å². The largest absolute Gasteiger partial charge is 0.444 e. The number of ketones is 1. The summed E-state index contributed by atoms with van der Waals surface area (Å²) < 4.78 is 5.04. The van der Waals surface area contributed by atoms with Crippen molar-refractivity contribution in [3.8, 4) is 0 Å². The van der Waals surface area contributed by atoms with E-state index in [1.165, 1.54) is 19.3 Å². The van der Waals surface area contributed by atoms with Crippen LogP contribution in [0.5, 0.6) is 0 Å². The average molecular weight is 672 g/mol. The summed E-state index contributed by atoms with van der Waals surface area (Å²) in [7, 11) is 0. The highest BCUT2D eigenvalue weighted by Crippen LogP contribution is 2.39. The average Bonchev–Trinajstić information content (AvgIpc) is 3.83. The second-order valence-corrected chi connectivity index (χ2v) is 13.6. The summed E-state index contributed by atoms with van der Waals surface area (Å²) in [6, 6.07) is 9.81. The number of nitrogens with one attached hydrogen (secondary N) is 3. The summed E-state index contributed by atoms with van der Waals surface area (Å²) in [6.07, 6.45) is 13.9. The maximum absolute atomic E-state index is 12.0. The summed E-state index contributed by atoms with van der Waals surface area (Å²) in [5.41, 5.74) is 0.492. The highest BCUT2D eigenvalue weighted by atomic mass is 16.6. The van der Waals surface area contributed by atoms with Crippen LogP contribution in [0.15, 0.2) is 42.5 Å². The van der Waals surface area contributed by atoms with Crippen molar-refractivity contribution in [3.63, 3.8) is 0 Å². The predicted molar refractivity (Wildman–Crippen MR) is 189 cm³/mol. The summed E-state index contributed by atoms with van der Waals surface area (Å²) >= 11 is 0. The first kappa shape index (κ1) is 42.5. The molecule has 270 valence electrons. The molecule has 0 aromatic heterocycles. The molecule has 0 bridgehead atoms. The van der Waals surface area contributed by atoms with Gasteiger partial charge in [-0.15, -0.1) is 0 Å². The number of hydrogen-bond acceptors (Lipinski definition) is 7. The minimum Gasteiger partial charge on any atom is -0.444 e. The molecule has 0 spiro atoms. The molecule has 1 fully saturated rings. The molecule has 10 nitrogen and oxygen atoms in total. The molecule has 4 atom stereocenters. The van der Waals surface area contributed by atoms with Crippen LogP contribution in [0.25, 0.3) is 0 Å². The van der Waals surface area contributed by atoms with Crippen molar-refractivity contribution in [1.82, 2.24) is 16.0 Å². The normalized spacial score (nSPS) is 16.5. The third-order valence-corrected chi connectivity index (χ3v) is 7.87. The quantitative estimate of drug-likeness (QED) is 0.0651. The number of amides is 3. The Morgan fingerprint density at radius 1 is 0.979 bits per heavy atom. The van der Waals surface area contributed by atoms with E-state index in [4.69, 9.17) is 4.74 Å². The van der Waals surface area contributed by atoms with Gasteiger partial charge in [0.25, 0.3) is 0 Å². The molecule has 0 heterocycles. The molecular weight excluding hydrogens is 610 g/mol. The van der Waals surface area contributed by atoms with Gasteiger partial charge in [0, 0.05) is 37.8 Å². The first-order valence-corrected chi connectivity index (χ1v) is 17.7. The van der Waals surface area contributed by atoms with Crippen molar-refractivity contribution in [1.29, 1.82) is 0 Å². The Morgan fingerprint density at radius 2 is 1.71 bits per heavy atom. The first-order chi connectivity index (χ1) is 22.9. The molecule has 3 amide bonds. The molecule has 0 aliphatic heterocycles. The number of carbonyl (C=O) groups excluding carboxylic acids is 5. The Balaban J connectivity index is 0.000000483. The molecule has 0 saturated heterocycles. The lowest BCUT2D eigenvalue weighted by Crippen LogP contribution is -2.35. The molecule has 1 unspecified atom stereocenters. The number of benzene rings is 1. The van der Waals surface area contributed by atoms with Crippen molar-refractivity contribution < 1.29 is 33.8 Å². The van der Waals surface area contributed by atoms with E-state index < -0.39 is 17.8 Å². The predicted octanol–water partition coefficient (Wildman–Crippen LogP) is 6.20. The summed E-state index contributed by atoms with van der Waals surface area (Å²) in [5, 5.41) is 17.7. The van der Waals surface area contributed by atoms with Gasteiger partial charge in [0.1, 0.15) is 11.9 Å². The van der Waals surface area contributed by atoms with Gasteiger partial charge >= 0.3 is 6.09 Å². The number of rotatable bonds is 22. The van der Waals surface area contributed by atoms with Crippen molar-refractivity contribution in [2.24, 2.45) is 17.8 Å². The van der Waals surface area contributed by atoms with Crippen molar-refractivity contribution in [2.75, 3.05) is 13.1 Å². The minimum absolute atomic E-state index is 0.0349. The second kappa shape index (κ2) is 24.6. The van der Waals surface area contributed by atoms with E-state index in [0.717, 1.165) is 31.1 Å². The number of ether oxygens (including phenoxy) is 1. The van der Waals surface area contributed by atoms with Crippen LogP contribution >= 0.6 is 0 Å². The van der Waals surface area contributed by atoms with E-state index in [1.807, 2.05) is 37.3 Å². The fourth-order valence-electron chi connectivity index (χ4n) is 4.89. The van der Waals surface area contributed by atoms with E-state index in [9.17, 15) is 29.1 Å². The van der Waals surface area contributed by atoms with Gasteiger partial charge in [0.05, 0.1) is 12.6 Å². The molecule has 1 aliphatic carbocycles. The van der Waals surface area contributed by atoms with Gasteiger partial charge in [0.15, 0.2) is 5.78 Å². The molecule has 10 heteroatoms. The zero-order valence-electron chi connectivity index (χ0n) is 29.9. The summed E-state index contributed by atoms with van der Waals surface area (Å²) in [4.78, 5) is 57.8. The van der Waals surface area contributed by atoms with E-state index in [0.29, 0.717) is 57.5 Å². The van der Waals surface area contributed by atoms with Crippen LogP contribution in [-0.2, 0) is 30.5 Å². The fraction of sp³-hybridized carbons (Fsp3) is 0.658. The van der Waals surface area contributed by atoms with Gasteiger partial charge < -0.3 is 30.6 Å². The van der Waals surface area contributed by atoms with Crippen LogP contribution in [0.4, 0.5) is 4.79 Å². The Bertz CT molecular complexity index is 1120. The second-order valence-electron chi connectivity index (χ2n) is 13.6. The Labute approximate surface area is 288 Å². The number of carbonyl (C=O) groups is 5. The van der Waals surface area contributed by atoms with E-state index in [1.54, 1.807) is 20.8 Å². The Morgan fingerprint density at radius 3 is 2.35 bits per heavy atom. The molecule has 48 heavy (non-hydrogen) atoms. The van der Waals surface area contributed by atoms with Crippen molar-refractivity contribution >= 4 is 30.0 Å². The van der Waals surface area contributed by atoms with Gasteiger partial charge in [-0.2, -0.15) is 0 Å². The SMILES string of the molecule is CCC(O)C[C@@H](C=O)CCCCC(=O)CNC(=O)OC(C)(C)C.CCCCC/C=C\[C@@H]1C[C@@H]1C(=O)NCCC(=O)NCc1ccccc1. The van der Waals surface area contributed by atoms with Crippen LogP contribution in [0, 0.1) is 17.8 Å². The number of hydrogen-bond donors (Lipinski definition) is 4. The number of aldehydes is 1. The molecule has 1 aliphatic rings. The van der Waals surface area contributed by atoms with E-state index in [2.05, 4.69) is 35.0 Å². The smallest absolute Gasteiger partial charge is 0.408 e. The molecule has 1 saturated carbocycles. The highest BCUT2D eigenvalue weighted by Gasteiger charge is 2.40. The topological polar surface area (TPSA) is 151 Å². The number of unbranched alkanes of at least 4 members (excludes halogenated alkanes) is 4. The third-order valence-electron chi connectivity index (χ3n) is 7.87. The number of aliphatic hydroxyl groups excluding tert-OH is 1. The van der Waals surface area contributed by atoms with Crippen LogP contribution in [0.1, 0.15) is 117 Å². The molecule has 1 aromatic carbocycles. The lowest BCUT2D eigenvalue weighted by Gasteiger charge is -2.19. The summed E-state index contributed by atoms with van der Waals surface area (Å²) in [6.45, 7) is 10.2. The molecular formula is C38H61N3O7. The monoisotopic (exact) mass is 671 g/mol. The van der Waals surface area contributed by atoms with Gasteiger partial charge in [-0.05, 0) is 77.2 Å². The lowest BCUT2D eigenvalue weighted by atomic mass is 9.95. The zero-order chi connectivity index (χ0) is 35.8. The van der Waals surface area contributed by atoms with Crippen LogP contribution in [-0.4, -0.2) is 59.9 Å². The van der Waals surface area contributed by atoms with E-state index in [-0.39, 0.29) is 36.0 Å². The fourth-order valence-corrected chi connectivity index (χ4v) is 4.89. The number of aliphatic hydroxyl groups is 1. The summed E-state index contributed by atoms with van der Waals surface area (Å²) in [5.74, 6) is 0.335. The van der Waals surface area contributed by atoms with Gasteiger partial charge in [-0.3, -0.25) is 14.4 Å². The third kappa shape index (κ3) is 22.1. The Kier molecular flexibility index (Phi) is 21.8. The van der Waals surface area contributed by atoms with Gasteiger partial charge in [-0.25, -0.2) is 4.79 Å². The molecule has 4 N–H and O–H groups in total. The van der Waals surface area contributed by atoms with Crippen LogP contribution < -0.4 is 16.0 Å². The molecule has 0 radical (unpaired) electrons. The zero-order valence-corrected chi connectivity index (χ0v) is 29.9.